The van der Waals surface area contributed by atoms with E-state index in [1.807, 2.05) is 24.3 Å². The van der Waals surface area contributed by atoms with E-state index < -0.39 is 0 Å². The average Bonchev–Trinajstić information content (AvgIpc) is 3.31. The van der Waals surface area contributed by atoms with E-state index in [1.165, 1.54) is 165 Å². The lowest BCUT2D eigenvalue weighted by atomic mass is 10.0. The van der Waals surface area contributed by atoms with E-state index in [-0.39, 0.29) is 11.5 Å². The van der Waals surface area contributed by atoms with Crippen LogP contribution in [0.2, 0.25) is 0 Å². The monoisotopic (exact) mass is 869 g/mol. The maximum Gasteiger partial charge on any atom is 0.124 e. The fourth-order valence-corrected chi connectivity index (χ4v) is 7.89. The molecule has 0 aromatic heterocycles. The van der Waals surface area contributed by atoms with Gasteiger partial charge < -0.3 is 10.2 Å². The molecule has 0 aliphatic rings. The van der Waals surface area contributed by atoms with Crippen LogP contribution in [-0.4, -0.2) is 35.7 Å². The first kappa shape index (κ1) is 51.7. The minimum Gasteiger partial charge on any atom is -0.507 e. The lowest BCUT2D eigenvalue weighted by molar-refractivity contribution is 0.474. The normalized spacial score (nSPS) is 12.0. The Balaban J connectivity index is 1.11. The molecule has 0 radical (unpaired) electrons. The number of nitrogens with zero attached hydrogens (tertiary/aromatic N) is 6. The van der Waals surface area contributed by atoms with Crippen molar-refractivity contribution in [2.45, 2.75) is 181 Å². The van der Waals surface area contributed by atoms with E-state index >= 15 is 0 Å². The summed E-state index contributed by atoms with van der Waals surface area (Å²) in [5.74, 6) is 0.241. The van der Waals surface area contributed by atoms with Crippen LogP contribution in [0.25, 0.3) is 0 Å². The molecule has 0 aliphatic heterocycles. The summed E-state index contributed by atoms with van der Waals surface area (Å²) in [4.78, 5) is 8.91. The lowest BCUT2D eigenvalue weighted by Crippen LogP contribution is -1.91. The Bertz CT molecular complexity index is 1800. The third-order valence-electron chi connectivity index (χ3n) is 11.9. The summed E-state index contributed by atoms with van der Waals surface area (Å²) >= 11 is 0. The summed E-state index contributed by atoms with van der Waals surface area (Å²) in [5, 5.41) is 38.5. The van der Waals surface area contributed by atoms with Crippen LogP contribution in [0.4, 0.5) is 22.7 Å². The zero-order valence-corrected chi connectivity index (χ0v) is 39.6. The Hall–Kier alpha value is -4.98. The van der Waals surface area contributed by atoms with Gasteiger partial charge in [-0.25, -0.2) is 0 Å². The van der Waals surface area contributed by atoms with Crippen LogP contribution in [0.5, 0.6) is 11.5 Å². The molecule has 346 valence electrons. The molecule has 0 aliphatic carbocycles. The van der Waals surface area contributed by atoms with Crippen LogP contribution in [0.3, 0.4) is 0 Å². The van der Waals surface area contributed by atoms with E-state index in [2.05, 4.69) is 68.6 Å². The Morgan fingerprint density at radius 3 is 0.953 bits per heavy atom. The van der Waals surface area contributed by atoms with Crippen LogP contribution in [0.15, 0.2) is 115 Å². The van der Waals surface area contributed by atoms with E-state index in [9.17, 15) is 10.2 Å². The van der Waals surface area contributed by atoms with Crippen LogP contribution < -0.4 is 0 Å². The van der Waals surface area contributed by atoms with Crippen molar-refractivity contribution in [1.29, 1.82) is 0 Å². The van der Waals surface area contributed by atoms with Gasteiger partial charge in [-0.1, -0.05) is 179 Å². The number of rotatable bonds is 35. The highest BCUT2D eigenvalue weighted by atomic mass is 16.3. The number of aryl methyl sites for hydroxylation is 2. The predicted molar refractivity (Wildman–Crippen MR) is 272 cm³/mol. The molecule has 0 heterocycles. The van der Waals surface area contributed by atoms with Gasteiger partial charge in [-0.2, -0.15) is 20.5 Å². The Morgan fingerprint density at radius 1 is 0.344 bits per heavy atom. The molecule has 0 bridgehead atoms. The highest BCUT2D eigenvalue weighted by Gasteiger charge is 2.04. The molecular weight excluding hydrogens is 789 g/mol. The molecule has 4 rings (SSSR count). The van der Waals surface area contributed by atoms with Crippen molar-refractivity contribution in [2.24, 2.45) is 30.4 Å². The number of phenols is 2. The third kappa shape index (κ3) is 23.1. The fourth-order valence-electron chi connectivity index (χ4n) is 7.89. The summed E-state index contributed by atoms with van der Waals surface area (Å²) in [6.45, 7) is 5.37. The molecule has 64 heavy (non-hydrogen) atoms. The molecule has 8 heteroatoms. The van der Waals surface area contributed by atoms with E-state index in [4.69, 9.17) is 0 Å². The number of phenolic OH excluding ortho intramolecular Hbond substituents is 2. The highest BCUT2D eigenvalue weighted by Crippen LogP contribution is 2.27. The Labute approximate surface area is 387 Å². The summed E-state index contributed by atoms with van der Waals surface area (Å²) < 4.78 is 0. The van der Waals surface area contributed by atoms with Crippen molar-refractivity contribution in [3.63, 3.8) is 0 Å². The maximum absolute atomic E-state index is 10.4. The van der Waals surface area contributed by atoms with Crippen LogP contribution in [0, 0.1) is 0 Å². The quantitative estimate of drug-likeness (QED) is 0.0272. The third-order valence-corrected chi connectivity index (χ3v) is 11.9. The largest absolute Gasteiger partial charge is 0.507 e. The van der Waals surface area contributed by atoms with E-state index in [0.29, 0.717) is 35.6 Å². The summed E-state index contributed by atoms with van der Waals surface area (Å²) in [7, 11) is 0. The number of aromatic hydroxyl groups is 2. The molecule has 0 amide bonds. The first-order chi connectivity index (χ1) is 31.5. The summed E-state index contributed by atoms with van der Waals surface area (Å²) in [6.07, 6.45) is 38.1. The smallest absolute Gasteiger partial charge is 0.124 e. The van der Waals surface area contributed by atoms with Gasteiger partial charge in [0.15, 0.2) is 0 Å². The number of azo groups is 2. The molecular formula is C56H80N6O2. The van der Waals surface area contributed by atoms with Crippen molar-refractivity contribution in [3.8, 4) is 11.5 Å². The van der Waals surface area contributed by atoms with Gasteiger partial charge in [0, 0.05) is 23.6 Å². The van der Waals surface area contributed by atoms with Gasteiger partial charge in [-0.3, -0.25) is 9.98 Å². The molecule has 0 unspecified atom stereocenters. The second kappa shape index (κ2) is 33.5. The molecule has 0 spiro atoms. The molecule has 0 saturated carbocycles. The van der Waals surface area contributed by atoms with Crippen LogP contribution in [0.1, 0.15) is 190 Å². The van der Waals surface area contributed by atoms with Crippen molar-refractivity contribution < 1.29 is 10.2 Å². The Morgan fingerprint density at radius 2 is 0.625 bits per heavy atom. The Kier molecular flexibility index (Phi) is 27.1. The number of hydrogen-bond donors (Lipinski definition) is 2. The number of benzene rings is 4. The fraction of sp³-hybridized carbons (Fsp3) is 0.536. The first-order valence-corrected chi connectivity index (χ1v) is 25.2. The van der Waals surface area contributed by atoms with E-state index in [0.717, 1.165) is 24.2 Å². The van der Waals surface area contributed by atoms with Crippen molar-refractivity contribution in [3.05, 3.63) is 107 Å². The topological polar surface area (TPSA) is 115 Å². The molecule has 0 fully saturated rings. The maximum atomic E-state index is 10.4. The van der Waals surface area contributed by atoms with Crippen molar-refractivity contribution in [1.82, 2.24) is 0 Å². The summed E-state index contributed by atoms with van der Waals surface area (Å²) in [6, 6.07) is 26.9. The molecule has 0 saturated heterocycles. The number of unbranched alkanes of at least 4 members (excludes halogenated alkanes) is 22. The van der Waals surface area contributed by atoms with Crippen LogP contribution in [-0.2, 0) is 12.8 Å². The van der Waals surface area contributed by atoms with Gasteiger partial charge in [0.05, 0.1) is 35.8 Å². The number of hydrogen-bond acceptors (Lipinski definition) is 8. The minimum absolute atomic E-state index is 0.120. The lowest BCUT2D eigenvalue weighted by Gasteiger charge is -2.04. The standard InChI is InChI=1S/C56H80N6O2/c1-3-5-7-9-11-13-15-17-19-21-23-25-27-47-29-33-51(34-30-47)59-61-53-37-39-55(63)49(43-53)45-57-41-42-58-46-50-44-54(38-40-56(50)64)62-60-52-35-31-48(32-36-52)28-26-24-22-20-18-16-14-12-10-8-6-4-2/h29-40,43-46,63-64H,3-28,41-42H2,1-2H3. The molecule has 8 nitrogen and oxygen atoms in total. The molecule has 2 N–H and O–H groups in total. The first-order valence-electron chi connectivity index (χ1n) is 25.2. The van der Waals surface area contributed by atoms with Crippen molar-refractivity contribution >= 4 is 35.2 Å². The second-order valence-electron chi connectivity index (χ2n) is 17.6. The molecule has 4 aromatic rings. The highest BCUT2D eigenvalue weighted by molar-refractivity contribution is 5.85. The van der Waals surface area contributed by atoms with Gasteiger partial charge >= 0.3 is 0 Å². The SMILES string of the molecule is CCCCCCCCCCCCCCc1ccc(N=Nc2ccc(O)c(C=NCCN=Cc3cc(N=Nc4ccc(CCCCCCCCCCCCCC)cc4)ccc3O)c2)cc1. The van der Waals surface area contributed by atoms with Crippen LogP contribution >= 0.6 is 0 Å². The van der Waals surface area contributed by atoms with Gasteiger partial charge in [0.2, 0.25) is 0 Å². The molecule has 4 aromatic carbocycles. The minimum atomic E-state index is 0.120. The number of aliphatic imine (C=N–C) groups is 2. The van der Waals surface area contributed by atoms with Gasteiger partial charge in [0.25, 0.3) is 0 Å². The van der Waals surface area contributed by atoms with Gasteiger partial charge in [-0.15, -0.1) is 0 Å². The second-order valence-corrected chi connectivity index (χ2v) is 17.6. The van der Waals surface area contributed by atoms with Crippen molar-refractivity contribution in [2.75, 3.05) is 13.1 Å². The molecule has 0 atom stereocenters. The van der Waals surface area contributed by atoms with E-state index in [1.54, 1.807) is 48.8 Å². The zero-order chi connectivity index (χ0) is 45.1. The van der Waals surface area contributed by atoms with Gasteiger partial charge in [-0.05, 0) is 97.5 Å². The van der Waals surface area contributed by atoms with Gasteiger partial charge in [0.1, 0.15) is 11.5 Å². The predicted octanol–water partition coefficient (Wildman–Crippen LogP) is 18.0. The zero-order valence-electron chi connectivity index (χ0n) is 39.6. The summed E-state index contributed by atoms with van der Waals surface area (Å²) in [5.41, 5.74) is 6.64. The average molecular weight is 869 g/mol.